The smallest absolute Gasteiger partial charge is 0.389 e. The highest BCUT2D eigenvalue weighted by atomic mass is 19.4. The van der Waals surface area contributed by atoms with E-state index in [9.17, 15) is 23.1 Å². The van der Waals surface area contributed by atoms with Gasteiger partial charge in [-0.3, -0.25) is 4.79 Å². The molecule has 0 aliphatic rings. The van der Waals surface area contributed by atoms with Crippen molar-refractivity contribution in [3.8, 4) is 5.75 Å². The monoisotopic (exact) mass is 305 g/mol. The Labute approximate surface area is 120 Å². The predicted octanol–water partition coefficient (Wildman–Crippen LogP) is 2.58. The Balaban J connectivity index is 2.31. The number of carbonyl (C=O) groups is 1. The summed E-state index contributed by atoms with van der Waals surface area (Å²) in [5, 5.41) is 12.6. The third-order valence-electron chi connectivity index (χ3n) is 2.68. The molecule has 0 radical (unpaired) electrons. The summed E-state index contributed by atoms with van der Waals surface area (Å²) in [6.45, 7) is 1.63. The van der Waals surface area contributed by atoms with E-state index in [1.807, 2.05) is 0 Å². The Bertz CT molecular complexity index is 446. The summed E-state index contributed by atoms with van der Waals surface area (Å²) in [7, 11) is 0. The highest BCUT2D eigenvalue weighted by Crippen LogP contribution is 2.21. The summed E-state index contributed by atoms with van der Waals surface area (Å²) in [5.41, 5.74) is 0.592. The average Bonchev–Trinajstić information content (AvgIpc) is 2.37. The van der Waals surface area contributed by atoms with E-state index in [0.717, 1.165) is 0 Å². The second kappa shape index (κ2) is 7.99. The zero-order valence-corrected chi connectivity index (χ0v) is 11.6. The highest BCUT2D eigenvalue weighted by molar-refractivity contribution is 5.69. The summed E-state index contributed by atoms with van der Waals surface area (Å²) in [4.78, 5) is 10.7. The lowest BCUT2D eigenvalue weighted by atomic mass is 10.1. The zero-order chi connectivity index (χ0) is 15.9. The number of aliphatic hydroxyl groups is 1. The fourth-order valence-electron chi connectivity index (χ4n) is 1.69. The Kier molecular flexibility index (Phi) is 6.64. The number of rotatable bonds is 7. The van der Waals surface area contributed by atoms with Crippen LogP contribution in [0, 0.1) is 0 Å². The number of benzene rings is 1. The lowest BCUT2D eigenvalue weighted by molar-refractivity contribution is -0.135. The van der Waals surface area contributed by atoms with Crippen LogP contribution in [0.15, 0.2) is 24.3 Å². The van der Waals surface area contributed by atoms with Crippen molar-refractivity contribution >= 4 is 5.97 Å². The summed E-state index contributed by atoms with van der Waals surface area (Å²) in [6, 6.07) is 6.29. The molecule has 0 saturated carbocycles. The molecule has 0 saturated heterocycles. The maximum atomic E-state index is 11.9. The molecule has 0 aliphatic carbocycles. The van der Waals surface area contributed by atoms with E-state index in [-0.39, 0.29) is 19.5 Å². The van der Waals surface area contributed by atoms with Gasteiger partial charge in [0.2, 0.25) is 0 Å². The van der Waals surface area contributed by atoms with Gasteiger partial charge < -0.3 is 15.2 Å². The molecule has 1 aromatic carbocycles. The molecular formula is C14H18F3NO3. The van der Waals surface area contributed by atoms with Crippen LogP contribution in [0.5, 0.6) is 5.75 Å². The molecule has 1 aromatic rings. The van der Waals surface area contributed by atoms with Gasteiger partial charge >= 0.3 is 12.1 Å². The van der Waals surface area contributed by atoms with Gasteiger partial charge in [-0.2, -0.15) is 13.2 Å². The van der Waals surface area contributed by atoms with Crippen molar-refractivity contribution in [1.82, 2.24) is 5.32 Å². The van der Waals surface area contributed by atoms with Gasteiger partial charge in [-0.25, -0.2) is 0 Å². The van der Waals surface area contributed by atoms with Gasteiger partial charge in [0.05, 0.1) is 6.10 Å². The van der Waals surface area contributed by atoms with Crippen molar-refractivity contribution in [1.29, 1.82) is 0 Å². The average molecular weight is 305 g/mol. The molecule has 1 atom stereocenters. The molecule has 0 fully saturated rings. The quantitative estimate of drug-likeness (QED) is 0.462. The van der Waals surface area contributed by atoms with Crippen LogP contribution in [-0.4, -0.2) is 30.3 Å². The van der Waals surface area contributed by atoms with Crippen molar-refractivity contribution in [2.45, 2.75) is 32.0 Å². The molecule has 7 heteroatoms. The van der Waals surface area contributed by atoms with Crippen LogP contribution < -0.4 is 10.1 Å². The van der Waals surface area contributed by atoms with Crippen LogP contribution in [0.25, 0.3) is 0 Å². The van der Waals surface area contributed by atoms with Crippen LogP contribution in [-0.2, 0) is 4.79 Å². The van der Waals surface area contributed by atoms with Gasteiger partial charge in [0.15, 0.2) is 0 Å². The molecule has 0 amide bonds. The molecule has 0 spiro atoms. The standard InChI is InChI=1S/C14H18F3NO3/c1-10(19)21-12-5-3-11(4-6-12)13(20)9-18-8-2-7-14(15,16)17/h3-6,13,18,20H,2,7-9H2,1H3. The molecule has 21 heavy (non-hydrogen) atoms. The number of esters is 1. The molecule has 2 N–H and O–H groups in total. The van der Waals surface area contributed by atoms with Crippen molar-refractivity contribution in [3.63, 3.8) is 0 Å². The Morgan fingerprint density at radius 3 is 2.48 bits per heavy atom. The normalized spacial score (nSPS) is 13.0. The van der Waals surface area contributed by atoms with Gasteiger partial charge in [0.25, 0.3) is 0 Å². The molecule has 0 aromatic heterocycles. The van der Waals surface area contributed by atoms with Crippen LogP contribution in [0.3, 0.4) is 0 Å². The third kappa shape index (κ3) is 7.67. The molecule has 0 aliphatic heterocycles. The molecule has 0 bridgehead atoms. The topological polar surface area (TPSA) is 58.6 Å². The molecule has 1 unspecified atom stereocenters. The first-order chi connectivity index (χ1) is 9.78. The fourth-order valence-corrected chi connectivity index (χ4v) is 1.69. The minimum atomic E-state index is -4.15. The second-order valence-corrected chi connectivity index (χ2v) is 4.60. The van der Waals surface area contributed by atoms with Gasteiger partial charge in [-0.1, -0.05) is 12.1 Å². The Morgan fingerprint density at radius 2 is 1.95 bits per heavy atom. The van der Waals surface area contributed by atoms with Crippen molar-refractivity contribution < 1.29 is 27.8 Å². The number of halogens is 3. The van der Waals surface area contributed by atoms with Crippen LogP contribution in [0.2, 0.25) is 0 Å². The SMILES string of the molecule is CC(=O)Oc1ccc(C(O)CNCCCC(F)(F)F)cc1. The summed E-state index contributed by atoms with van der Waals surface area (Å²) in [6.07, 6.45) is -5.84. The molecule has 0 heterocycles. The highest BCUT2D eigenvalue weighted by Gasteiger charge is 2.25. The lowest BCUT2D eigenvalue weighted by Gasteiger charge is -2.13. The molecule has 1 rings (SSSR count). The van der Waals surface area contributed by atoms with E-state index in [1.54, 1.807) is 24.3 Å². The maximum absolute atomic E-state index is 11.9. The maximum Gasteiger partial charge on any atom is 0.389 e. The number of carbonyl (C=O) groups excluding carboxylic acids is 1. The minimum Gasteiger partial charge on any atom is -0.427 e. The minimum absolute atomic E-state index is 0.0262. The van der Waals surface area contributed by atoms with Gasteiger partial charge in [-0.05, 0) is 30.7 Å². The largest absolute Gasteiger partial charge is 0.427 e. The first-order valence-electron chi connectivity index (χ1n) is 6.52. The molecule has 118 valence electrons. The summed E-state index contributed by atoms with van der Waals surface area (Å²) >= 11 is 0. The van der Waals surface area contributed by atoms with Crippen molar-refractivity contribution in [2.24, 2.45) is 0 Å². The van der Waals surface area contributed by atoms with Gasteiger partial charge in [-0.15, -0.1) is 0 Å². The van der Waals surface area contributed by atoms with Crippen LogP contribution in [0.4, 0.5) is 13.2 Å². The third-order valence-corrected chi connectivity index (χ3v) is 2.68. The van der Waals surface area contributed by atoms with E-state index in [2.05, 4.69) is 5.32 Å². The van der Waals surface area contributed by atoms with E-state index in [0.29, 0.717) is 11.3 Å². The first kappa shape index (κ1) is 17.5. The number of hydrogen-bond acceptors (Lipinski definition) is 4. The van der Waals surface area contributed by atoms with Crippen molar-refractivity contribution in [2.75, 3.05) is 13.1 Å². The van der Waals surface area contributed by atoms with Crippen LogP contribution in [0.1, 0.15) is 31.4 Å². The Hall–Kier alpha value is -1.60. The summed E-state index contributed by atoms with van der Waals surface area (Å²) in [5.74, 6) is -0.0637. The summed E-state index contributed by atoms with van der Waals surface area (Å²) < 4.78 is 40.6. The number of aliphatic hydroxyl groups excluding tert-OH is 1. The first-order valence-corrected chi connectivity index (χ1v) is 6.52. The molecule has 4 nitrogen and oxygen atoms in total. The van der Waals surface area contributed by atoms with Gasteiger partial charge in [0, 0.05) is 19.9 Å². The zero-order valence-electron chi connectivity index (χ0n) is 11.6. The number of ether oxygens (including phenoxy) is 1. The molecular weight excluding hydrogens is 287 g/mol. The van der Waals surface area contributed by atoms with Crippen molar-refractivity contribution in [3.05, 3.63) is 29.8 Å². The fraction of sp³-hybridized carbons (Fsp3) is 0.500. The Morgan fingerprint density at radius 1 is 1.33 bits per heavy atom. The van der Waals surface area contributed by atoms with E-state index in [1.165, 1.54) is 6.92 Å². The van der Waals surface area contributed by atoms with Gasteiger partial charge in [0.1, 0.15) is 5.75 Å². The lowest BCUT2D eigenvalue weighted by Crippen LogP contribution is -2.23. The second-order valence-electron chi connectivity index (χ2n) is 4.60. The number of hydrogen-bond donors (Lipinski definition) is 2. The van der Waals surface area contributed by atoms with E-state index < -0.39 is 24.7 Å². The number of alkyl halides is 3. The van der Waals surface area contributed by atoms with E-state index >= 15 is 0 Å². The number of nitrogens with one attached hydrogen (secondary N) is 1. The van der Waals surface area contributed by atoms with E-state index in [4.69, 9.17) is 4.74 Å². The predicted molar refractivity (Wildman–Crippen MR) is 70.9 cm³/mol. The van der Waals surface area contributed by atoms with Crippen LogP contribution >= 0.6 is 0 Å².